The molecule has 1 unspecified atom stereocenters. The highest BCUT2D eigenvalue weighted by Crippen LogP contribution is 2.12. The summed E-state index contributed by atoms with van der Waals surface area (Å²) in [6.45, 7) is 9.26. The van der Waals surface area contributed by atoms with Crippen LogP contribution in [-0.2, 0) is 0 Å². The Kier molecular flexibility index (Phi) is 2.83. The highest BCUT2D eigenvalue weighted by molar-refractivity contribution is 4.56. The van der Waals surface area contributed by atoms with Gasteiger partial charge in [0.1, 0.15) is 12.6 Å². The Hall–Kier alpha value is -0.120. The van der Waals surface area contributed by atoms with Crippen molar-refractivity contribution in [2.75, 3.05) is 13.6 Å². The van der Waals surface area contributed by atoms with Crippen molar-refractivity contribution in [2.45, 2.75) is 33.2 Å². The van der Waals surface area contributed by atoms with Crippen molar-refractivity contribution in [3.05, 3.63) is 0 Å². The molecule has 0 saturated heterocycles. The molecule has 0 rings (SSSR count). The van der Waals surface area contributed by atoms with Gasteiger partial charge in [-0.2, -0.15) is 10.5 Å². The topological polar surface area (TPSA) is 38.0 Å². The van der Waals surface area contributed by atoms with Crippen LogP contribution in [0.3, 0.4) is 0 Å². The lowest BCUT2D eigenvalue weighted by atomic mass is 10.1. The summed E-state index contributed by atoms with van der Waals surface area (Å²) in [5.74, 6) is 5.93. The van der Waals surface area contributed by atoms with Crippen LogP contribution in [0, 0.1) is 0 Å². The summed E-state index contributed by atoms with van der Waals surface area (Å²) in [4.78, 5) is 0. The molecule has 0 radical (unpaired) electrons. The van der Waals surface area contributed by atoms with E-state index in [-0.39, 0.29) is 5.54 Å². The van der Waals surface area contributed by atoms with Gasteiger partial charge in [0, 0.05) is 6.54 Å². The molecule has 0 aliphatic carbocycles. The second kappa shape index (κ2) is 2.86. The lowest BCUT2D eigenvalue weighted by molar-refractivity contribution is -1.00. The number of rotatable bonds is 2. The predicted molar refractivity (Wildman–Crippen MR) is 43.8 cm³/mol. The fourth-order valence-electron chi connectivity index (χ4n) is 0.566. The van der Waals surface area contributed by atoms with Gasteiger partial charge in [-0.15, -0.1) is 5.43 Å². The molecule has 3 nitrogen and oxygen atoms in total. The molecule has 0 aromatic heterocycles. The Morgan fingerprint density at radius 1 is 1.40 bits per heavy atom. The molecule has 1 atom stereocenters. The van der Waals surface area contributed by atoms with Gasteiger partial charge in [0.15, 0.2) is 0 Å². The average Bonchev–Trinajstić information content (AvgIpc) is 1.61. The summed E-state index contributed by atoms with van der Waals surface area (Å²) in [6.07, 6.45) is 0. The zero-order valence-electron chi connectivity index (χ0n) is 7.73. The van der Waals surface area contributed by atoms with Crippen LogP contribution in [0.15, 0.2) is 0 Å². The number of nitrogens with zero attached hydrogens (tertiary/aromatic N) is 1. The van der Waals surface area contributed by atoms with Crippen molar-refractivity contribution in [1.82, 2.24) is 5.43 Å². The third kappa shape index (κ3) is 2.25. The molecule has 3 N–H and O–H groups in total. The zero-order chi connectivity index (χ0) is 8.41. The maximum absolute atomic E-state index is 5.93. The fourth-order valence-corrected chi connectivity index (χ4v) is 0.566. The number of hydrogen-bond donors (Lipinski definition) is 2. The number of hydrogen-bond acceptors (Lipinski definition) is 2. The average molecular weight is 146 g/mol. The van der Waals surface area contributed by atoms with Gasteiger partial charge in [-0.05, 0) is 27.7 Å². The van der Waals surface area contributed by atoms with Gasteiger partial charge in [0.05, 0.1) is 0 Å². The molecule has 0 heterocycles. The SMILES string of the molecule is CCN[N+](C)(N)C(C)(C)C. The van der Waals surface area contributed by atoms with E-state index >= 15 is 0 Å². The van der Waals surface area contributed by atoms with Crippen molar-refractivity contribution in [3.63, 3.8) is 0 Å². The Morgan fingerprint density at radius 2 is 1.80 bits per heavy atom. The van der Waals surface area contributed by atoms with Crippen LogP contribution in [0.25, 0.3) is 0 Å². The summed E-state index contributed by atoms with van der Waals surface area (Å²) in [5, 5.41) is 0. The van der Waals surface area contributed by atoms with Gasteiger partial charge in [-0.3, -0.25) is 0 Å². The van der Waals surface area contributed by atoms with E-state index in [1.54, 1.807) is 0 Å². The van der Waals surface area contributed by atoms with Gasteiger partial charge < -0.3 is 0 Å². The molecule has 10 heavy (non-hydrogen) atoms. The molecule has 0 aliphatic rings. The number of nitrogens with one attached hydrogen (secondary N) is 1. The zero-order valence-corrected chi connectivity index (χ0v) is 7.73. The van der Waals surface area contributed by atoms with E-state index in [9.17, 15) is 0 Å². The number of nitrogens with two attached hydrogens (primary N) is 1. The third-order valence-electron chi connectivity index (χ3n) is 1.88. The lowest BCUT2D eigenvalue weighted by Crippen LogP contribution is -2.69. The van der Waals surface area contributed by atoms with Gasteiger partial charge >= 0.3 is 0 Å². The third-order valence-corrected chi connectivity index (χ3v) is 1.88. The summed E-state index contributed by atoms with van der Waals surface area (Å²) < 4.78 is 0.365. The van der Waals surface area contributed by atoms with E-state index < -0.39 is 0 Å². The van der Waals surface area contributed by atoms with Crippen LogP contribution >= 0.6 is 0 Å². The minimum atomic E-state index is 0.0516. The van der Waals surface area contributed by atoms with E-state index in [0.717, 1.165) is 6.54 Å². The molecule has 0 aromatic carbocycles. The van der Waals surface area contributed by atoms with E-state index in [0.29, 0.717) is 4.70 Å². The van der Waals surface area contributed by atoms with Gasteiger partial charge in [-0.25, -0.2) is 0 Å². The van der Waals surface area contributed by atoms with Crippen LogP contribution in [0.5, 0.6) is 0 Å². The van der Waals surface area contributed by atoms with Gasteiger partial charge in [0.25, 0.3) is 0 Å². The molecule has 0 bridgehead atoms. The van der Waals surface area contributed by atoms with E-state index in [2.05, 4.69) is 33.1 Å². The Bertz CT molecular complexity index is 102. The van der Waals surface area contributed by atoms with Crippen molar-refractivity contribution < 1.29 is 4.70 Å². The maximum Gasteiger partial charge on any atom is 0.126 e. The predicted octanol–water partition coefficient (Wildman–Crippen LogP) is 0.630. The van der Waals surface area contributed by atoms with Crippen LogP contribution in [-0.4, -0.2) is 23.8 Å². The second-order valence-electron chi connectivity index (χ2n) is 3.76. The first kappa shape index (κ1) is 9.88. The first-order valence-corrected chi connectivity index (χ1v) is 3.71. The lowest BCUT2D eigenvalue weighted by Gasteiger charge is -2.39. The van der Waals surface area contributed by atoms with E-state index in [1.807, 2.05) is 7.05 Å². The van der Waals surface area contributed by atoms with Gasteiger partial charge in [0.2, 0.25) is 0 Å². The largest absolute Gasteiger partial charge is 0.172 e. The highest BCUT2D eigenvalue weighted by atomic mass is 15.8. The van der Waals surface area contributed by atoms with Crippen molar-refractivity contribution >= 4 is 0 Å². The molecule has 0 aliphatic heterocycles. The number of quaternary nitrogens is 1. The Morgan fingerprint density at radius 3 is 1.90 bits per heavy atom. The van der Waals surface area contributed by atoms with Crippen molar-refractivity contribution in [1.29, 1.82) is 0 Å². The molecular weight excluding hydrogens is 126 g/mol. The molecular formula is C7H20N3+. The van der Waals surface area contributed by atoms with E-state index in [4.69, 9.17) is 5.84 Å². The minimum absolute atomic E-state index is 0.0516. The first-order valence-electron chi connectivity index (χ1n) is 3.71. The Balaban J connectivity index is 4.10. The maximum atomic E-state index is 5.93. The second-order valence-corrected chi connectivity index (χ2v) is 3.76. The quantitative estimate of drug-likeness (QED) is 0.341. The first-order chi connectivity index (χ1) is 4.31. The highest BCUT2D eigenvalue weighted by Gasteiger charge is 2.32. The standard InChI is InChI=1S/C7H20N3/c1-6-9-10(5,8)7(2,3)4/h9H,6,8H2,1-5H3/q+1. The van der Waals surface area contributed by atoms with Crippen LogP contribution in [0.4, 0.5) is 0 Å². The molecule has 0 saturated carbocycles. The van der Waals surface area contributed by atoms with Crippen LogP contribution in [0.2, 0.25) is 0 Å². The molecule has 0 amide bonds. The minimum Gasteiger partial charge on any atom is -0.172 e. The molecule has 0 spiro atoms. The monoisotopic (exact) mass is 146 g/mol. The smallest absolute Gasteiger partial charge is 0.126 e. The summed E-state index contributed by atoms with van der Waals surface area (Å²) in [7, 11) is 1.96. The van der Waals surface area contributed by atoms with Gasteiger partial charge in [-0.1, -0.05) is 0 Å². The molecule has 0 aromatic rings. The van der Waals surface area contributed by atoms with E-state index in [1.165, 1.54) is 0 Å². The normalized spacial score (nSPS) is 18.6. The van der Waals surface area contributed by atoms with Crippen molar-refractivity contribution in [2.24, 2.45) is 5.84 Å². The molecule has 0 fully saturated rings. The van der Waals surface area contributed by atoms with Crippen LogP contribution in [0.1, 0.15) is 27.7 Å². The summed E-state index contributed by atoms with van der Waals surface area (Å²) in [6, 6.07) is 0. The molecule has 3 heteroatoms. The summed E-state index contributed by atoms with van der Waals surface area (Å²) in [5.41, 5.74) is 3.23. The summed E-state index contributed by atoms with van der Waals surface area (Å²) >= 11 is 0. The van der Waals surface area contributed by atoms with Crippen molar-refractivity contribution in [3.8, 4) is 0 Å². The Labute approximate surface area is 63.7 Å². The van der Waals surface area contributed by atoms with Crippen LogP contribution < -0.4 is 11.3 Å². The molecule has 62 valence electrons. The fraction of sp³-hybridized carbons (Fsp3) is 1.00.